The van der Waals surface area contributed by atoms with Gasteiger partial charge in [-0.1, -0.05) is 18.5 Å². The fraction of sp³-hybridized carbons (Fsp3) is 0.455. The molecular weight excluding hydrogens is 267 g/mol. The molecule has 98 valence electrons. The van der Waals surface area contributed by atoms with E-state index in [1.807, 2.05) is 0 Å². The molecular formula is C11H11ClF3N3. The minimum absolute atomic E-state index is 0.0691. The molecule has 0 radical (unpaired) electrons. The number of alkyl halides is 2. The van der Waals surface area contributed by atoms with Crippen molar-refractivity contribution in [3.63, 3.8) is 0 Å². The second kappa shape index (κ2) is 6.45. The quantitative estimate of drug-likeness (QED) is 0.839. The van der Waals surface area contributed by atoms with E-state index in [0.717, 1.165) is 6.07 Å². The second-order valence-electron chi connectivity index (χ2n) is 3.88. The molecule has 0 aromatic carbocycles. The Morgan fingerprint density at radius 3 is 2.78 bits per heavy atom. The summed E-state index contributed by atoms with van der Waals surface area (Å²) in [5.41, 5.74) is -0.0691. The highest BCUT2D eigenvalue weighted by Crippen LogP contribution is 2.20. The average molecular weight is 278 g/mol. The third kappa shape index (κ3) is 4.08. The minimum atomic E-state index is -2.40. The largest absolute Gasteiger partial charge is 0.367 e. The van der Waals surface area contributed by atoms with Crippen LogP contribution in [0, 0.1) is 23.1 Å². The molecule has 0 spiro atoms. The predicted octanol–water partition coefficient (Wildman–Crippen LogP) is 3.45. The monoisotopic (exact) mass is 277 g/mol. The third-order valence-corrected chi connectivity index (χ3v) is 2.54. The molecule has 0 saturated heterocycles. The van der Waals surface area contributed by atoms with Crippen molar-refractivity contribution in [1.82, 2.24) is 4.98 Å². The fourth-order valence-corrected chi connectivity index (χ4v) is 1.51. The molecule has 0 bridgehead atoms. The molecule has 1 atom stereocenters. The number of halogens is 4. The maximum atomic E-state index is 13.4. The van der Waals surface area contributed by atoms with Crippen LogP contribution in [0.1, 0.15) is 18.9 Å². The highest BCUT2D eigenvalue weighted by molar-refractivity contribution is 6.30. The summed E-state index contributed by atoms with van der Waals surface area (Å²) in [6.07, 6.45) is -2.68. The van der Waals surface area contributed by atoms with Crippen LogP contribution in [0.15, 0.2) is 6.07 Å². The molecule has 7 heteroatoms. The van der Waals surface area contributed by atoms with E-state index < -0.39 is 12.2 Å². The van der Waals surface area contributed by atoms with Crippen LogP contribution >= 0.6 is 11.6 Å². The van der Waals surface area contributed by atoms with Gasteiger partial charge in [0.25, 0.3) is 0 Å². The first-order valence-electron chi connectivity index (χ1n) is 5.22. The Morgan fingerprint density at radius 2 is 2.22 bits per heavy atom. The smallest absolute Gasteiger partial charge is 0.239 e. The molecule has 1 rings (SSSR count). The number of nitriles is 1. The molecule has 0 aliphatic rings. The predicted molar refractivity (Wildman–Crippen MR) is 62.2 cm³/mol. The summed E-state index contributed by atoms with van der Waals surface area (Å²) in [4.78, 5) is 3.66. The molecule has 0 aliphatic carbocycles. The molecule has 0 amide bonds. The first-order chi connectivity index (χ1) is 8.43. The van der Waals surface area contributed by atoms with E-state index in [9.17, 15) is 13.2 Å². The van der Waals surface area contributed by atoms with E-state index in [1.54, 1.807) is 13.0 Å². The summed E-state index contributed by atoms with van der Waals surface area (Å²) in [5, 5.41) is 11.1. The average Bonchev–Trinajstić information content (AvgIpc) is 2.28. The lowest BCUT2D eigenvalue weighted by molar-refractivity contribution is 0.120. The number of pyridine rings is 1. The summed E-state index contributed by atoms with van der Waals surface area (Å²) in [7, 11) is 0. The van der Waals surface area contributed by atoms with E-state index in [4.69, 9.17) is 16.9 Å². The molecule has 0 aliphatic heterocycles. The van der Waals surface area contributed by atoms with Crippen molar-refractivity contribution in [1.29, 1.82) is 5.26 Å². The van der Waals surface area contributed by atoms with Gasteiger partial charge in [-0.15, -0.1) is 0 Å². The molecule has 0 fully saturated rings. The lowest BCUT2D eigenvalue weighted by Crippen LogP contribution is -2.15. The number of nitrogens with zero attached hydrogens (tertiary/aromatic N) is 2. The summed E-state index contributed by atoms with van der Waals surface area (Å²) >= 11 is 5.64. The lowest BCUT2D eigenvalue weighted by Gasteiger charge is -2.13. The van der Waals surface area contributed by atoms with Crippen LogP contribution < -0.4 is 5.32 Å². The van der Waals surface area contributed by atoms with Crippen molar-refractivity contribution in [2.24, 2.45) is 5.92 Å². The number of rotatable bonds is 5. The lowest BCUT2D eigenvalue weighted by atomic mass is 10.1. The van der Waals surface area contributed by atoms with Gasteiger partial charge in [-0.2, -0.15) is 5.26 Å². The number of anilines is 1. The second-order valence-corrected chi connectivity index (χ2v) is 4.24. The van der Waals surface area contributed by atoms with E-state index in [2.05, 4.69) is 10.3 Å². The fourth-order valence-electron chi connectivity index (χ4n) is 1.33. The van der Waals surface area contributed by atoms with Crippen LogP contribution in [0.5, 0.6) is 0 Å². The first-order valence-corrected chi connectivity index (χ1v) is 5.60. The molecule has 18 heavy (non-hydrogen) atoms. The Hall–Kier alpha value is -1.48. The summed E-state index contributed by atoms with van der Waals surface area (Å²) in [5.74, 6) is -1.21. The van der Waals surface area contributed by atoms with E-state index in [1.165, 1.54) is 0 Å². The maximum Gasteiger partial charge on any atom is 0.239 e. The van der Waals surface area contributed by atoms with Gasteiger partial charge in [0.15, 0.2) is 11.6 Å². The topological polar surface area (TPSA) is 48.7 Å². The normalized spacial score (nSPS) is 12.3. The van der Waals surface area contributed by atoms with Crippen molar-refractivity contribution < 1.29 is 13.2 Å². The Kier molecular flexibility index (Phi) is 5.23. The van der Waals surface area contributed by atoms with Crippen molar-refractivity contribution in [2.75, 3.05) is 11.9 Å². The van der Waals surface area contributed by atoms with Crippen molar-refractivity contribution >= 4 is 17.4 Å². The van der Waals surface area contributed by atoms with E-state index >= 15 is 0 Å². The zero-order valence-electron chi connectivity index (χ0n) is 9.55. The van der Waals surface area contributed by atoms with Crippen molar-refractivity contribution in [3.8, 4) is 6.07 Å². The van der Waals surface area contributed by atoms with Gasteiger partial charge < -0.3 is 5.32 Å². The van der Waals surface area contributed by atoms with Gasteiger partial charge in [-0.25, -0.2) is 18.2 Å². The standard InChI is InChI=1S/C11H11ClF3N3/c1-6(2-9(14)15)5-17-11-8(13)3-7(4-16)10(12)18-11/h3,6,9H,2,5H2,1H3,(H,17,18)/t6-/m0/s1. The van der Waals surface area contributed by atoms with Crippen LogP contribution in [-0.2, 0) is 0 Å². The molecule has 1 aromatic heterocycles. The van der Waals surface area contributed by atoms with Crippen LogP contribution in [-0.4, -0.2) is 18.0 Å². The van der Waals surface area contributed by atoms with Crippen LogP contribution in [0.25, 0.3) is 0 Å². The third-order valence-electron chi connectivity index (χ3n) is 2.25. The maximum absolute atomic E-state index is 13.4. The summed E-state index contributed by atoms with van der Waals surface area (Å²) < 4.78 is 37.6. The number of nitrogens with one attached hydrogen (secondary N) is 1. The van der Waals surface area contributed by atoms with Gasteiger partial charge in [0.1, 0.15) is 11.2 Å². The molecule has 0 unspecified atom stereocenters. The van der Waals surface area contributed by atoms with Crippen molar-refractivity contribution in [3.05, 3.63) is 22.6 Å². The van der Waals surface area contributed by atoms with Crippen LogP contribution in [0.3, 0.4) is 0 Å². The van der Waals surface area contributed by atoms with Gasteiger partial charge in [-0.3, -0.25) is 0 Å². The zero-order chi connectivity index (χ0) is 13.7. The van der Waals surface area contributed by atoms with Crippen molar-refractivity contribution in [2.45, 2.75) is 19.8 Å². The first kappa shape index (κ1) is 14.6. The van der Waals surface area contributed by atoms with Gasteiger partial charge >= 0.3 is 0 Å². The highest BCUT2D eigenvalue weighted by Gasteiger charge is 2.13. The zero-order valence-corrected chi connectivity index (χ0v) is 10.3. The molecule has 0 saturated carbocycles. The molecule has 1 aromatic rings. The Bertz CT molecular complexity index is 460. The Balaban J connectivity index is 2.69. The molecule has 1 heterocycles. The van der Waals surface area contributed by atoms with Gasteiger partial charge in [0.2, 0.25) is 6.43 Å². The Labute approximate surface area is 108 Å². The Morgan fingerprint density at radius 1 is 1.56 bits per heavy atom. The number of hydrogen-bond acceptors (Lipinski definition) is 3. The molecule has 3 nitrogen and oxygen atoms in total. The number of hydrogen-bond donors (Lipinski definition) is 1. The SMILES string of the molecule is C[C@H](CNc1nc(Cl)c(C#N)cc1F)CC(F)F. The number of aromatic nitrogens is 1. The summed E-state index contributed by atoms with van der Waals surface area (Å²) in [6.45, 7) is 1.76. The van der Waals surface area contributed by atoms with Gasteiger partial charge in [0.05, 0.1) is 5.56 Å². The molecule has 1 N–H and O–H groups in total. The highest BCUT2D eigenvalue weighted by atomic mass is 35.5. The van der Waals surface area contributed by atoms with E-state index in [-0.39, 0.29) is 35.4 Å². The summed E-state index contributed by atoms with van der Waals surface area (Å²) in [6, 6.07) is 2.65. The minimum Gasteiger partial charge on any atom is -0.367 e. The van der Waals surface area contributed by atoms with E-state index in [0.29, 0.717) is 0 Å². The van der Waals surface area contributed by atoms with Gasteiger partial charge in [0, 0.05) is 13.0 Å². The van der Waals surface area contributed by atoms with Gasteiger partial charge in [-0.05, 0) is 12.0 Å². The van der Waals surface area contributed by atoms with Crippen LogP contribution in [0.4, 0.5) is 19.0 Å². The van der Waals surface area contributed by atoms with Crippen LogP contribution in [0.2, 0.25) is 5.15 Å².